The van der Waals surface area contributed by atoms with Gasteiger partial charge in [-0.3, -0.25) is 4.79 Å². The highest BCUT2D eigenvalue weighted by Crippen LogP contribution is 2.23. The Kier molecular flexibility index (Phi) is 2.61. The summed E-state index contributed by atoms with van der Waals surface area (Å²) in [6.45, 7) is 0. The molecule has 0 bridgehead atoms. The number of rotatable bonds is 0. The number of carbonyl (C=O) groups excluding carboxylic acids is 2. The summed E-state index contributed by atoms with van der Waals surface area (Å²) in [6, 6.07) is 5.35. The van der Waals surface area contributed by atoms with Crippen LogP contribution in [0.15, 0.2) is 18.2 Å². The van der Waals surface area contributed by atoms with Crippen LogP contribution >= 0.6 is 0 Å². The van der Waals surface area contributed by atoms with Gasteiger partial charge in [0, 0.05) is 17.2 Å². The van der Waals surface area contributed by atoms with E-state index in [1.807, 2.05) is 6.07 Å². The molecule has 0 aliphatic carbocycles. The molecule has 16 heavy (non-hydrogen) atoms. The standard InChI is InChI=1S/C12H9NO3/c1-16-12(15)5-3-8-2-4-9-7-11(14)13-10(9)6-8/h2,4,6H,7H2,1H3,(H,13,14). The lowest BCUT2D eigenvalue weighted by atomic mass is 10.1. The number of hydrogen-bond acceptors (Lipinski definition) is 3. The third-order valence-electron chi connectivity index (χ3n) is 2.23. The highest BCUT2D eigenvalue weighted by Gasteiger charge is 2.16. The lowest BCUT2D eigenvalue weighted by Crippen LogP contribution is -2.03. The maximum atomic E-state index is 11.1. The van der Waals surface area contributed by atoms with Crippen LogP contribution < -0.4 is 5.32 Å². The molecular formula is C12H9NO3. The molecule has 4 heteroatoms. The molecule has 1 heterocycles. The first-order chi connectivity index (χ1) is 7.69. The fourth-order valence-electron chi connectivity index (χ4n) is 1.47. The maximum absolute atomic E-state index is 11.1. The zero-order chi connectivity index (χ0) is 11.5. The average Bonchev–Trinajstić information content (AvgIpc) is 2.65. The minimum atomic E-state index is -0.579. The molecule has 0 saturated heterocycles. The Hall–Kier alpha value is -2.28. The van der Waals surface area contributed by atoms with Gasteiger partial charge in [0.25, 0.3) is 0 Å². The second-order valence-electron chi connectivity index (χ2n) is 3.34. The number of carbonyl (C=O) groups is 2. The first kappa shape index (κ1) is 10.2. The van der Waals surface area contributed by atoms with E-state index in [0.717, 1.165) is 11.3 Å². The molecular weight excluding hydrogens is 206 g/mol. The van der Waals surface area contributed by atoms with Crippen LogP contribution in [0.1, 0.15) is 11.1 Å². The summed E-state index contributed by atoms with van der Waals surface area (Å²) in [7, 11) is 1.28. The fourth-order valence-corrected chi connectivity index (χ4v) is 1.47. The van der Waals surface area contributed by atoms with Crippen molar-refractivity contribution in [1.29, 1.82) is 0 Å². The van der Waals surface area contributed by atoms with E-state index in [9.17, 15) is 9.59 Å². The van der Waals surface area contributed by atoms with E-state index in [2.05, 4.69) is 21.9 Å². The van der Waals surface area contributed by atoms with Gasteiger partial charge in [-0.1, -0.05) is 12.0 Å². The normalized spacial score (nSPS) is 12.2. The van der Waals surface area contributed by atoms with Crippen molar-refractivity contribution in [3.63, 3.8) is 0 Å². The lowest BCUT2D eigenvalue weighted by molar-refractivity contribution is -0.133. The molecule has 0 fully saturated rings. The molecule has 0 spiro atoms. The minimum Gasteiger partial charge on any atom is -0.459 e. The van der Waals surface area contributed by atoms with Gasteiger partial charge in [0.2, 0.25) is 5.91 Å². The number of amides is 1. The summed E-state index contributed by atoms with van der Waals surface area (Å²) in [4.78, 5) is 21.9. The summed E-state index contributed by atoms with van der Waals surface area (Å²) in [6.07, 6.45) is 0.403. The smallest absolute Gasteiger partial charge is 0.384 e. The Bertz CT molecular complexity index is 523. The molecule has 80 valence electrons. The van der Waals surface area contributed by atoms with Gasteiger partial charge in [0.15, 0.2) is 0 Å². The van der Waals surface area contributed by atoms with Crippen LogP contribution in [-0.2, 0) is 20.7 Å². The number of esters is 1. The molecule has 0 unspecified atom stereocenters. The van der Waals surface area contributed by atoms with Crippen LogP contribution in [0.3, 0.4) is 0 Å². The van der Waals surface area contributed by atoms with Crippen LogP contribution in [0.25, 0.3) is 0 Å². The Morgan fingerprint density at radius 3 is 3.06 bits per heavy atom. The first-order valence-electron chi connectivity index (χ1n) is 4.72. The summed E-state index contributed by atoms with van der Waals surface area (Å²) in [5, 5.41) is 2.72. The lowest BCUT2D eigenvalue weighted by Gasteiger charge is -1.97. The first-order valence-corrected chi connectivity index (χ1v) is 4.72. The average molecular weight is 215 g/mol. The Labute approximate surface area is 92.6 Å². The van der Waals surface area contributed by atoms with Crippen LogP contribution in [0.5, 0.6) is 0 Å². The molecule has 1 aromatic carbocycles. The van der Waals surface area contributed by atoms with Crippen molar-refractivity contribution in [2.24, 2.45) is 0 Å². The SMILES string of the molecule is COC(=O)C#Cc1ccc2c(c1)NC(=O)C2. The Morgan fingerprint density at radius 2 is 2.31 bits per heavy atom. The van der Waals surface area contributed by atoms with Crippen LogP contribution in [0.2, 0.25) is 0 Å². The van der Waals surface area contributed by atoms with Gasteiger partial charge in [-0.2, -0.15) is 0 Å². The van der Waals surface area contributed by atoms with Crippen LogP contribution in [-0.4, -0.2) is 19.0 Å². The molecule has 0 atom stereocenters. The number of hydrogen-bond donors (Lipinski definition) is 1. The molecule has 0 saturated carbocycles. The minimum absolute atomic E-state index is 0.0203. The van der Waals surface area contributed by atoms with Crippen molar-refractivity contribution in [3.8, 4) is 11.8 Å². The van der Waals surface area contributed by atoms with Gasteiger partial charge < -0.3 is 10.1 Å². The number of methoxy groups -OCH3 is 1. The van der Waals surface area contributed by atoms with Gasteiger partial charge in [-0.15, -0.1) is 0 Å². The predicted octanol–water partition coefficient (Wildman–Crippen LogP) is 0.706. The number of nitrogens with one attached hydrogen (secondary N) is 1. The zero-order valence-corrected chi connectivity index (χ0v) is 8.66. The number of anilines is 1. The van der Waals surface area contributed by atoms with Crippen molar-refractivity contribution in [3.05, 3.63) is 29.3 Å². The van der Waals surface area contributed by atoms with E-state index >= 15 is 0 Å². The zero-order valence-electron chi connectivity index (χ0n) is 8.66. The number of benzene rings is 1. The summed E-state index contributed by atoms with van der Waals surface area (Å²) >= 11 is 0. The van der Waals surface area contributed by atoms with Gasteiger partial charge in [-0.05, 0) is 17.7 Å². The van der Waals surface area contributed by atoms with Crippen molar-refractivity contribution >= 4 is 17.6 Å². The molecule has 1 aliphatic heterocycles. The predicted molar refractivity (Wildman–Crippen MR) is 57.7 cm³/mol. The Morgan fingerprint density at radius 1 is 1.50 bits per heavy atom. The van der Waals surface area contributed by atoms with E-state index in [-0.39, 0.29) is 5.91 Å². The largest absolute Gasteiger partial charge is 0.459 e. The molecule has 1 aromatic rings. The molecule has 0 aromatic heterocycles. The topological polar surface area (TPSA) is 55.4 Å². The fraction of sp³-hybridized carbons (Fsp3) is 0.167. The van der Waals surface area contributed by atoms with Crippen molar-refractivity contribution in [2.45, 2.75) is 6.42 Å². The van der Waals surface area contributed by atoms with Gasteiger partial charge in [-0.25, -0.2) is 4.79 Å². The molecule has 0 radical (unpaired) electrons. The maximum Gasteiger partial charge on any atom is 0.384 e. The number of ether oxygens (including phenoxy) is 1. The second kappa shape index (κ2) is 4.07. The van der Waals surface area contributed by atoms with Crippen LogP contribution in [0, 0.1) is 11.8 Å². The van der Waals surface area contributed by atoms with Crippen molar-refractivity contribution in [1.82, 2.24) is 0 Å². The molecule has 1 N–H and O–H groups in total. The monoisotopic (exact) mass is 215 g/mol. The molecule has 1 amide bonds. The van der Waals surface area contributed by atoms with Crippen molar-refractivity contribution < 1.29 is 14.3 Å². The third kappa shape index (κ3) is 2.04. The highest BCUT2D eigenvalue weighted by molar-refractivity contribution is 5.99. The molecule has 1 aliphatic rings. The summed E-state index contributed by atoms with van der Waals surface area (Å²) < 4.78 is 4.40. The Balaban J connectivity index is 2.25. The van der Waals surface area contributed by atoms with Gasteiger partial charge in [0.1, 0.15) is 0 Å². The van der Waals surface area contributed by atoms with E-state index in [1.54, 1.807) is 12.1 Å². The van der Waals surface area contributed by atoms with Crippen molar-refractivity contribution in [2.75, 3.05) is 12.4 Å². The van der Waals surface area contributed by atoms with Gasteiger partial charge >= 0.3 is 5.97 Å². The summed E-state index contributed by atoms with van der Waals surface area (Å²) in [5.41, 5.74) is 2.39. The van der Waals surface area contributed by atoms with E-state index in [0.29, 0.717) is 12.0 Å². The summed E-state index contributed by atoms with van der Waals surface area (Å²) in [5.74, 6) is 4.39. The van der Waals surface area contributed by atoms with Crippen LogP contribution in [0.4, 0.5) is 5.69 Å². The second-order valence-corrected chi connectivity index (χ2v) is 3.34. The van der Waals surface area contributed by atoms with E-state index < -0.39 is 5.97 Å². The van der Waals surface area contributed by atoms with E-state index in [4.69, 9.17) is 0 Å². The molecule has 4 nitrogen and oxygen atoms in total. The van der Waals surface area contributed by atoms with E-state index in [1.165, 1.54) is 7.11 Å². The third-order valence-corrected chi connectivity index (χ3v) is 2.23. The molecule has 2 rings (SSSR count). The quantitative estimate of drug-likeness (QED) is 0.512. The van der Waals surface area contributed by atoms with Gasteiger partial charge in [0.05, 0.1) is 13.5 Å². The number of fused-ring (bicyclic) bond motifs is 1. The highest BCUT2D eigenvalue weighted by atomic mass is 16.5.